The van der Waals surface area contributed by atoms with Crippen molar-refractivity contribution in [1.29, 1.82) is 0 Å². The van der Waals surface area contributed by atoms with Crippen LogP contribution >= 0.6 is 0 Å². The van der Waals surface area contributed by atoms with Crippen molar-refractivity contribution in [2.75, 3.05) is 19.0 Å². The van der Waals surface area contributed by atoms with Gasteiger partial charge in [0, 0.05) is 12.1 Å². The van der Waals surface area contributed by atoms with E-state index in [1.165, 1.54) is 19.2 Å². The highest BCUT2D eigenvalue weighted by Crippen LogP contribution is 2.26. The summed E-state index contributed by atoms with van der Waals surface area (Å²) >= 11 is 0. The molecule has 0 radical (unpaired) electrons. The Labute approximate surface area is 161 Å². The van der Waals surface area contributed by atoms with E-state index in [0.29, 0.717) is 18.0 Å². The molecular formula is C20H26N2O4S. The third-order valence-corrected chi connectivity index (χ3v) is 5.54. The highest BCUT2D eigenvalue weighted by molar-refractivity contribution is 7.89. The highest BCUT2D eigenvalue weighted by atomic mass is 32.2. The maximum atomic E-state index is 12.6. The second kappa shape index (κ2) is 9.53. The third-order valence-electron chi connectivity index (χ3n) is 4.08. The molecule has 0 unspecified atom stereocenters. The van der Waals surface area contributed by atoms with Gasteiger partial charge in [0.15, 0.2) is 0 Å². The molecule has 0 aliphatic rings. The fourth-order valence-electron chi connectivity index (χ4n) is 2.58. The van der Waals surface area contributed by atoms with Crippen molar-refractivity contribution in [3.05, 3.63) is 53.6 Å². The number of benzene rings is 2. The summed E-state index contributed by atoms with van der Waals surface area (Å²) in [6.45, 7) is 4.35. The molecule has 0 spiro atoms. The quantitative estimate of drug-likeness (QED) is 0.639. The van der Waals surface area contributed by atoms with Crippen LogP contribution in [0.25, 0.3) is 0 Å². The van der Waals surface area contributed by atoms with Crippen molar-refractivity contribution in [2.24, 2.45) is 0 Å². The van der Waals surface area contributed by atoms with Gasteiger partial charge in [0.05, 0.1) is 17.7 Å². The van der Waals surface area contributed by atoms with Crippen LogP contribution in [0.1, 0.15) is 42.1 Å². The summed E-state index contributed by atoms with van der Waals surface area (Å²) in [5, 5.41) is 2.78. The van der Waals surface area contributed by atoms with E-state index in [4.69, 9.17) is 4.74 Å². The first-order valence-electron chi connectivity index (χ1n) is 8.93. The number of anilines is 1. The minimum absolute atomic E-state index is 0.0721. The second-order valence-corrected chi connectivity index (χ2v) is 8.06. The number of hydrogen-bond donors (Lipinski definition) is 2. The average Bonchev–Trinajstić information content (AvgIpc) is 2.65. The van der Waals surface area contributed by atoms with Gasteiger partial charge in [-0.05, 0) is 49.2 Å². The Morgan fingerprint density at radius 1 is 1.11 bits per heavy atom. The van der Waals surface area contributed by atoms with Gasteiger partial charge in [0.2, 0.25) is 10.0 Å². The first-order valence-corrected chi connectivity index (χ1v) is 10.4. The molecule has 2 aromatic carbocycles. The van der Waals surface area contributed by atoms with Crippen LogP contribution in [0.4, 0.5) is 5.69 Å². The van der Waals surface area contributed by atoms with Crippen LogP contribution in [0.5, 0.6) is 5.75 Å². The summed E-state index contributed by atoms with van der Waals surface area (Å²) in [5.74, 6) is 0.136. The molecule has 0 aromatic heterocycles. The van der Waals surface area contributed by atoms with Crippen molar-refractivity contribution >= 4 is 21.6 Å². The lowest BCUT2D eigenvalue weighted by atomic mass is 10.1. The third kappa shape index (κ3) is 5.80. The molecule has 2 N–H and O–H groups in total. The summed E-state index contributed by atoms with van der Waals surface area (Å²) in [5.41, 5.74) is 1.77. The molecule has 0 atom stereocenters. The summed E-state index contributed by atoms with van der Waals surface area (Å²) < 4.78 is 32.7. The summed E-state index contributed by atoms with van der Waals surface area (Å²) in [4.78, 5) is 12.7. The maximum absolute atomic E-state index is 12.6. The lowest BCUT2D eigenvalue weighted by Gasteiger charge is -2.12. The molecule has 2 rings (SSSR count). The van der Waals surface area contributed by atoms with Crippen LogP contribution in [-0.2, 0) is 10.0 Å². The zero-order valence-corrected chi connectivity index (χ0v) is 16.7. The molecule has 0 aliphatic carbocycles. The standard InChI is InChI=1S/C20H26N2O4S/c1-4-5-6-12-21-27(24,25)17-9-7-8-16(14-17)20(23)22-18-13-15(2)10-11-19(18)26-3/h7-11,13-14,21H,4-6,12H2,1-3H3,(H,22,23). The van der Waals surface area contributed by atoms with Gasteiger partial charge in [0.1, 0.15) is 5.75 Å². The summed E-state index contributed by atoms with van der Waals surface area (Å²) in [7, 11) is -2.12. The monoisotopic (exact) mass is 390 g/mol. The Hall–Kier alpha value is -2.38. The highest BCUT2D eigenvalue weighted by Gasteiger charge is 2.16. The number of unbranched alkanes of at least 4 members (excludes halogenated alkanes) is 2. The largest absolute Gasteiger partial charge is 0.495 e. The van der Waals surface area contributed by atoms with Gasteiger partial charge in [-0.2, -0.15) is 0 Å². The Kier molecular flexibility index (Phi) is 7.38. The number of sulfonamides is 1. The molecule has 7 heteroatoms. The zero-order chi connectivity index (χ0) is 19.9. The van der Waals surface area contributed by atoms with Crippen molar-refractivity contribution in [1.82, 2.24) is 4.72 Å². The molecule has 1 amide bonds. The number of carbonyl (C=O) groups is 1. The Bertz CT molecular complexity index is 895. The summed E-state index contributed by atoms with van der Waals surface area (Å²) in [6, 6.07) is 11.4. The predicted molar refractivity (Wildman–Crippen MR) is 107 cm³/mol. The fraction of sp³-hybridized carbons (Fsp3) is 0.350. The van der Waals surface area contributed by atoms with E-state index >= 15 is 0 Å². The van der Waals surface area contributed by atoms with Crippen molar-refractivity contribution in [3.63, 3.8) is 0 Å². The van der Waals surface area contributed by atoms with Gasteiger partial charge in [-0.25, -0.2) is 13.1 Å². The molecule has 27 heavy (non-hydrogen) atoms. The molecule has 0 aliphatic heterocycles. The van der Waals surface area contributed by atoms with E-state index in [-0.39, 0.29) is 10.5 Å². The molecule has 2 aromatic rings. The van der Waals surface area contributed by atoms with Crippen LogP contribution < -0.4 is 14.8 Å². The van der Waals surface area contributed by atoms with E-state index in [1.54, 1.807) is 24.3 Å². The average molecular weight is 391 g/mol. The zero-order valence-electron chi connectivity index (χ0n) is 15.9. The van der Waals surface area contributed by atoms with Crippen LogP contribution in [0, 0.1) is 6.92 Å². The fourth-order valence-corrected chi connectivity index (χ4v) is 3.70. The summed E-state index contributed by atoms with van der Waals surface area (Å²) in [6.07, 6.45) is 2.76. The van der Waals surface area contributed by atoms with Gasteiger partial charge in [-0.3, -0.25) is 4.79 Å². The van der Waals surface area contributed by atoms with Crippen LogP contribution in [0.3, 0.4) is 0 Å². The van der Waals surface area contributed by atoms with E-state index in [0.717, 1.165) is 24.8 Å². The van der Waals surface area contributed by atoms with Crippen LogP contribution in [0.15, 0.2) is 47.4 Å². The Morgan fingerprint density at radius 3 is 2.59 bits per heavy atom. The van der Waals surface area contributed by atoms with Gasteiger partial charge < -0.3 is 10.1 Å². The first-order chi connectivity index (χ1) is 12.9. The van der Waals surface area contributed by atoms with E-state index in [9.17, 15) is 13.2 Å². The van der Waals surface area contributed by atoms with Crippen LogP contribution in [-0.4, -0.2) is 28.0 Å². The van der Waals surface area contributed by atoms with Crippen LogP contribution in [0.2, 0.25) is 0 Å². The van der Waals surface area contributed by atoms with Crippen molar-refractivity contribution < 1.29 is 17.9 Å². The van der Waals surface area contributed by atoms with Crippen molar-refractivity contribution in [3.8, 4) is 5.75 Å². The maximum Gasteiger partial charge on any atom is 0.255 e. The number of rotatable bonds is 9. The molecule has 146 valence electrons. The molecule has 6 nitrogen and oxygen atoms in total. The number of aryl methyl sites for hydroxylation is 1. The van der Waals surface area contributed by atoms with Gasteiger partial charge in [-0.1, -0.05) is 31.9 Å². The molecular weight excluding hydrogens is 364 g/mol. The number of hydrogen-bond acceptors (Lipinski definition) is 4. The number of amides is 1. The SMILES string of the molecule is CCCCCNS(=O)(=O)c1cccc(C(=O)Nc2cc(C)ccc2OC)c1. The van der Waals surface area contributed by atoms with Crippen molar-refractivity contribution in [2.45, 2.75) is 38.0 Å². The molecule has 0 fully saturated rings. The number of nitrogens with one attached hydrogen (secondary N) is 2. The van der Waals surface area contributed by atoms with E-state index in [2.05, 4.69) is 17.0 Å². The number of carbonyl (C=O) groups excluding carboxylic acids is 1. The van der Waals surface area contributed by atoms with Gasteiger partial charge in [0.25, 0.3) is 5.91 Å². The topological polar surface area (TPSA) is 84.5 Å². The molecule has 0 saturated heterocycles. The van der Waals surface area contributed by atoms with E-state index < -0.39 is 15.9 Å². The smallest absolute Gasteiger partial charge is 0.255 e. The number of methoxy groups -OCH3 is 1. The Balaban J connectivity index is 2.17. The van der Waals surface area contributed by atoms with Gasteiger partial charge in [-0.15, -0.1) is 0 Å². The lowest BCUT2D eigenvalue weighted by Crippen LogP contribution is -2.25. The normalized spacial score (nSPS) is 11.2. The second-order valence-electron chi connectivity index (χ2n) is 6.29. The van der Waals surface area contributed by atoms with E-state index in [1.807, 2.05) is 13.0 Å². The van der Waals surface area contributed by atoms with Gasteiger partial charge >= 0.3 is 0 Å². The minimum Gasteiger partial charge on any atom is -0.495 e. The lowest BCUT2D eigenvalue weighted by molar-refractivity contribution is 0.102. The first kappa shape index (κ1) is 20.9. The molecule has 0 bridgehead atoms. The molecule has 0 heterocycles. The molecule has 0 saturated carbocycles. The number of ether oxygens (including phenoxy) is 1. The Morgan fingerprint density at radius 2 is 1.89 bits per heavy atom. The minimum atomic E-state index is -3.64. The predicted octanol–water partition coefficient (Wildman–Crippen LogP) is 3.72.